The Hall–Kier alpha value is -1.35. The lowest BCUT2D eigenvalue weighted by atomic mass is 9.86. The van der Waals surface area contributed by atoms with Gasteiger partial charge in [0.05, 0.1) is 0 Å². The van der Waals surface area contributed by atoms with Gasteiger partial charge in [-0.3, -0.25) is 0 Å². The number of halogens is 1. The van der Waals surface area contributed by atoms with Crippen LogP contribution in [0.25, 0.3) is 11.4 Å². The lowest BCUT2D eigenvalue weighted by Gasteiger charge is -2.20. The first-order valence-corrected chi connectivity index (χ1v) is 7.77. The number of aromatic nitrogens is 2. The van der Waals surface area contributed by atoms with E-state index in [4.69, 9.17) is 16.1 Å². The van der Waals surface area contributed by atoms with Crippen molar-refractivity contribution < 1.29 is 4.52 Å². The second-order valence-electron chi connectivity index (χ2n) is 5.56. The highest BCUT2D eigenvalue weighted by Crippen LogP contribution is 2.27. The fraction of sp³-hybridized carbons (Fsp3) is 0.500. The van der Waals surface area contributed by atoms with Crippen LogP contribution in [0, 0.1) is 5.92 Å². The van der Waals surface area contributed by atoms with E-state index in [2.05, 4.69) is 10.1 Å². The van der Waals surface area contributed by atoms with Gasteiger partial charge in [-0.1, -0.05) is 61.0 Å². The molecule has 0 N–H and O–H groups in total. The van der Waals surface area contributed by atoms with Crippen molar-refractivity contribution in [1.82, 2.24) is 10.1 Å². The van der Waals surface area contributed by atoms with Crippen LogP contribution in [0.5, 0.6) is 0 Å². The number of rotatable bonds is 4. The summed E-state index contributed by atoms with van der Waals surface area (Å²) in [6.07, 6.45) is 8.92. The van der Waals surface area contributed by atoms with E-state index in [1.165, 1.54) is 32.1 Å². The first kappa shape index (κ1) is 13.6. The number of aryl methyl sites for hydroxylation is 1. The van der Waals surface area contributed by atoms with Gasteiger partial charge in [-0.05, 0) is 24.5 Å². The number of hydrogen-bond donors (Lipinski definition) is 0. The second-order valence-corrected chi connectivity index (χ2v) is 6.00. The molecule has 1 aromatic heterocycles. The summed E-state index contributed by atoms with van der Waals surface area (Å²) in [6, 6.07) is 7.55. The minimum atomic E-state index is 0.631. The highest BCUT2D eigenvalue weighted by atomic mass is 35.5. The summed E-state index contributed by atoms with van der Waals surface area (Å²) >= 11 is 5.98. The van der Waals surface area contributed by atoms with E-state index in [0.717, 1.165) is 30.2 Å². The summed E-state index contributed by atoms with van der Waals surface area (Å²) in [5.41, 5.74) is 0.908. The predicted molar refractivity (Wildman–Crippen MR) is 79.6 cm³/mol. The third kappa shape index (κ3) is 3.40. The van der Waals surface area contributed by atoms with Gasteiger partial charge in [0.25, 0.3) is 0 Å². The van der Waals surface area contributed by atoms with Crippen molar-refractivity contribution in [2.75, 3.05) is 0 Å². The molecule has 1 heterocycles. The molecular formula is C16H19ClN2O. The van der Waals surface area contributed by atoms with Gasteiger partial charge in [-0.25, -0.2) is 0 Å². The third-order valence-electron chi connectivity index (χ3n) is 4.04. The molecule has 2 aromatic rings. The summed E-state index contributed by atoms with van der Waals surface area (Å²) < 4.78 is 5.35. The summed E-state index contributed by atoms with van der Waals surface area (Å²) in [5, 5.41) is 4.74. The number of nitrogens with zero attached hydrogens (tertiary/aromatic N) is 2. The number of benzene rings is 1. The molecule has 3 rings (SSSR count). The molecule has 1 aliphatic carbocycles. The molecule has 1 aliphatic rings. The van der Waals surface area contributed by atoms with Crippen LogP contribution in [0.15, 0.2) is 28.8 Å². The molecule has 0 unspecified atom stereocenters. The van der Waals surface area contributed by atoms with Gasteiger partial charge in [0.1, 0.15) is 0 Å². The molecule has 0 saturated heterocycles. The van der Waals surface area contributed by atoms with Crippen LogP contribution < -0.4 is 0 Å². The molecule has 106 valence electrons. The van der Waals surface area contributed by atoms with E-state index in [-0.39, 0.29) is 0 Å². The molecule has 0 radical (unpaired) electrons. The Morgan fingerprint density at radius 1 is 1.20 bits per heavy atom. The Balaban J connectivity index is 1.61. The van der Waals surface area contributed by atoms with E-state index < -0.39 is 0 Å². The maximum atomic E-state index is 5.98. The fourth-order valence-corrected chi connectivity index (χ4v) is 3.09. The quantitative estimate of drug-likeness (QED) is 0.803. The maximum Gasteiger partial charge on any atom is 0.226 e. The zero-order valence-corrected chi connectivity index (χ0v) is 12.3. The Labute approximate surface area is 124 Å². The van der Waals surface area contributed by atoms with Gasteiger partial charge in [0.2, 0.25) is 11.7 Å². The minimum Gasteiger partial charge on any atom is -0.339 e. The van der Waals surface area contributed by atoms with Gasteiger partial charge in [0, 0.05) is 17.0 Å². The summed E-state index contributed by atoms with van der Waals surface area (Å²) in [6.45, 7) is 0. The van der Waals surface area contributed by atoms with Crippen molar-refractivity contribution in [2.45, 2.75) is 44.9 Å². The lowest BCUT2D eigenvalue weighted by molar-refractivity contribution is 0.315. The molecule has 4 heteroatoms. The molecule has 0 aliphatic heterocycles. The van der Waals surface area contributed by atoms with Crippen molar-refractivity contribution >= 4 is 11.6 Å². The topological polar surface area (TPSA) is 38.9 Å². The average Bonchev–Trinajstić information content (AvgIpc) is 2.95. The van der Waals surface area contributed by atoms with Gasteiger partial charge in [-0.15, -0.1) is 0 Å². The Morgan fingerprint density at radius 3 is 2.85 bits per heavy atom. The molecule has 0 spiro atoms. The van der Waals surface area contributed by atoms with Crippen molar-refractivity contribution in [1.29, 1.82) is 0 Å². The standard InChI is InChI=1S/C16H19ClN2O/c17-14-8-4-7-13(11-14)16-18-15(20-19-16)10-9-12-5-2-1-3-6-12/h4,7-8,11-12H,1-3,5-6,9-10H2. The fourth-order valence-electron chi connectivity index (χ4n) is 2.90. The maximum absolute atomic E-state index is 5.98. The van der Waals surface area contributed by atoms with E-state index in [1.54, 1.807) is 0 Å². The highest BCUT2D eigenvalue weighted by Gasteiger charge is 2.15. The zero-order chi connectivity index (χ0) is 13.8. The van der Waals surface area contributed by atoms with Gasteiger partial charge < -0.3 is 4.52 Å². The second kappa shape index (κ2) is 6.40. The summed E-state index contributed by atoms with van der Waals surface area (Å²) in [7, 11) is 0. The van der Waals surface area contributed by atoms with Crippen LogP contribution in [0.2, 0.25) is 5.02 Å². The van der Waals surface area contributed by atoms with Gasteiger partial charge in [0.15, 0.2) is 0 Å². The van der Waals surface area contributed by atoms with Crippen LogP contribution in [-0.2, 0) is 6.42 Å². The normalized spacial score (nSPS) is 16.4. The van der Waals surface area contributed by atoms with E-state index in [9.17, 15) is 0 Å². The molecule has 1 fully saturated rings. The van der Waals surface area contributed by atoms with Crippen LogP contribution in [0.1, 0.15) is 44.4 Å². The summed E-state index contributed by atoms with van der Waals surface area (Å²) in [4.78, 5) is 4.47. The molecule has 1 aromatic carbocycles. The van der Waals surface area contributed by atoms with E-state index in [1.807, 2.05) is 24.3 Å². The van der Waals surface area contributed by atoms with E-state index in [0.29, 0.717) is 10.8 Å². The van der Waals surface area contributed by atoms with Crippen LogP contribution >= 0.6 is 11.6 Å². The molecule has 3 nitrogen and oxygen atoms in total. The van der Waals surface area contributed by atoms with E-state index >= 15 is 0 Å². The van der Waals surface area contributed by atoms with Crippen molar-refractivity contribution in [3.05, 3.63) is 35.2 Å². The van der Waals surface area contributed by atoms with Crippen LogP contribution in [0.4, 0.5) is 0 Å². The molecule has 1 saturated carbocycles. The van der Waals surface area contributed by atoms with Crippen LogP contribution in [0.3, 0.4) is 0 Å². The highest BCUT2D eigenvalue weighted by molar-refractivity contribution is 6.30. The molecule has 0 bridgehead atoms. The smallest absolute Gasteiger partial charge is 0.226 e. The zero-order valence-electron chi connectivity index (χ0n) is 11.5. The monoisotopic (exact) mass is 290 g/mol. The Bertz CT molecular complexity index is 561. The number of hydrogen-bond acceptors (Lipinski definition) is 3. The minimum absolute atomic E-state index is 0.631. The molecule has 0 amide bonds. The van der Waals surface area contributed by atoms with Crippen molar-refractivity contribution in [2.24, 2.45) is 5.92 Å². The lowest BCUT2D eigenvalue weighted by Crippen LogP contribution is -2.07. The van der Waals surface area contributed by atoms with Crippen molar-refractivity contribution in [3.8, 4) is 11.4 Å². The first-order chi connectivity index (χ1) is 9.81. The van der Waals surface area contributed by atoms with Crippen LogP contribution in [-0.4, -0.2) is 10.1 Å². The third-order valence-corrected chi connectivity index (χ3v) is 4.28. The Morgan fingerprint density at radius 2 is 2.05 bits per heavy atom. The predicted octanol–water partition coefficient (Wildman–Crippen LogP) is 4.90. The average molecular weight is 291 g/mol. The Kier molecular flexibility index (Phi) is 4.36. The first-order valence-electron chi connectivity index (χ1n) is 7.40. The van der Waals surface area contributed by atoms with Gasteiger partial charge in [-0.2, -0.15) is 4.98 Å². The molecule has 20 heavy (non-hydrogen) atoms. The van der Waals surface area contributed by atoms with Gasteiger partial charge >= 0.3 is 0 Å². The summed E-state index contributed by atoms with van der Waals surface area (Å²) in [5.74, 6) is 2.21. The largest absolute Gasteiger partial charge is 0.339 e. The SMILES string of the molecule is Clc1cccc(-c2noc(CCC3CCCCC3)n2)c1. The molecule has 0 atom stereocenters. The molecular weight excluding hydrogens is 272 g/mol. The van der Waals surface area contributed by atoms with Crippen molar-refractivity contribution in [3.63, 3.8) is 0 Å².